The maximum Gasteiger partial charge on any atom is 0.326 e. The number of benzene rings is 5. The number of aromatic nitrogens is 4. The molecule has 8 heterocycles. The monoisotopic (exact) mass is 1620 g/mol. The van der Waals surface area contributed by atoms with Crippen molar-refractivity contribution in [1.29, 1.82) is 0 Å². The Hall–Kier alpha value is -11.5. The van der Waals surface area contributed by atoms with Gasteiger partial charge >= 0.3 is 5.97 Å². The van der Waals surface area contributed by atoms with Crippen LogP contribution >= 0.6 is 0 Å². The molecule has 622 valence electrons. The maximum atomic E-state index is 15.4. The van der Waals surface area contributed by atoms with Gasteiger partial charge in [-0.05, 0) is 132 Å². The number of aliphatic carboxylic acids is 1. The highest BCUT2D eigenvalue weighted by atomic mass is 32.2. The van der Waals surface area contributed by atoms with Gasteiger partial charge in [0.25, 0.3) is 5.91 Å². The minimum atomic E-state index is -4.19. The number of hydrogen-bond donors (Lipinski definition) is 10. The zero-order valence-electron chi connectivity index (χ0n) is 67.4. The standard InChI is InChI=1S/C85H105N15O16S/c1-50(86-9)74(101)93-72(84(3,4)5)81(108)98-47-61-43-70(98)79(106)90-67(42-55-22-27-56-18-11-12-19-57(56)38-55)77(104)92-69(83(110)111)40-53-23-28-62(29-24-53)114-35-13-14-36-115-64-44-71(99(48-64)82(109)73(85(6,7)8)94-75(102)51(2)87-10)80(107)91-66(41-54-17-15-20-58(37-54)59-21-16-34-88-45-59)76(103)89-68(78(105)96-117(112,113)65-32-33-65)39-52-25-30-63(31-26-52)116-49-60-46-100(61)97-95-60/h11-31,34,37-38,45-46,50-51,61,64-73,86-87H,32-33,35-36,39-44,47-49H2,1-10H3,(H,89,103)(H,90,106)(H,91,107)(H,92,104)(H,93,101)(H,94,102)(H,96,105)(H,110,111)/b14-13+/t50-,51-,61?,64?,66-,67-,68-,69-,70-,71?,72+,73+/m0/s1. The number of carboxylic acids is 1. The van der Waals surface area contributed by atoms with Crippen molar-refractivity contribution in [1.82, 2.24) is 77.0 Å². The highest BCUT2D eigenvalue weighted by Gasteiger charge is 2.49. The molecular weight excluding hydrogens is 1520 g/mol. The van der Waals surface area contributed by atoms with Gasteiger partial charge in [0.1, 0.15) is 78.7 Å². The second kappa shape index (κ2) is 38.1. The van der Waals surface area contributed by atoms with Gasteiger partial charge in [0.05, 0.1) is 42.3 Å². The van der Waals surface area contributed by atoms with E-state index in [1.54, 1.807) is 167 Å². The zero-order valence-corrected chi connectivity index (χ0v) is 68.2. The predicted molar refractivity (Wildman–Crippen MR) is 435 cm³/mol. The molecule has 7 aromatic rings. The number of nitrogens with one attached hydrogen (secondary N) is 9. The first-order valence-electron chi connectivity index (χ1n) is 39.4. The fourth-order valence-electron chi connectivity index (χ4n) is 14.3. The van der Waals surface area contributed by atoms with Gasteiger partial charge in [-0.15, -0.1) is 5.10 Å². The van der Waals surface area contributed by atoms with E-state index in [-0.39, 0.29) is 71.4 Å². The summed E-state index contributed by atoms with van der Waals surface area (Å²) >= 11 is 0. The molecule has 2 saturated heterocycles. The zero-order chi connectivity index (χ0) is 84.0. The summed E-state index contributed by atoms with van der Waals surface area (Å²) in [6, 6.07) is 24.0. The quantitative estimate of drug-likeness (QED) is 0.0567. The minimum Gasteiger partial charge on any atom is -0.490 e. The van der Waals surface area contributed by atoms with Crippen molar-refractivity contribution < 1.29 is 75.7 Å². The van der Waals surface area contributed by atoms with Crippen LogP contribution in [0.1, 0.15) is 115 Å². The number of hydrogen-bond acceptors (Lipinski definition) is 20. The number of sulfonamides is 1. The van der Waals surface area contributed by atoms with E-state index < -0.39 is 158 Å². The molecule has 1 saturated carbocycles. The molecule has 31 nitrogen and oxygen atoms in total. The molecule has 6 aliphatic heterocycles. The van der Waals surface area contributed by atoms with Crippen LogP contribution in [0.25, 0.3) is 21.9 Å². The number of carbonyl (C=O) groups is 10. The lowest BCUT2D eigenvalue weighted by molar-refractivity contribution is -0.145. The Morgan fingerprint density at radius 1 is 0.598 bits per heavy atom. The van der Waals surface area contributed by atoms with Crippen LogP contribution in [-0.2, 0) is 95.0 Å². The molecule has 1 aliphatic carbocycles. The number of pyridine rings is 1. The van der Waals surface area contributed by atoms with Gasteiger partial charge in [0.2, 0.25) is 57.3 Å². The Labute approximate surface area is 680 Å². The first kappa shape index (κ1) is 86.4. The smallest absolute Gasteiger partial charge is 0.326 e. The number of nitrogens with zero attached hydrogens (tertiary/aromatic N) is 6. The van der Waals surface area contributed by atoms with Gasteiger partial charge in [-0.25, -0.2) is 17.9 Å². The Bertz CT molecular complexity index is 4900. The lowest BCUT2D eigenvalue weighted by atomic mass is 9.85. The highest BCUT2D eigenvalue weighted by Crippen LogP contribution is 2.34. The average Bonchev–Trinajstić information content (AvgIpc) is 1.66. The molecule has 0 spiro atoms. The summed E-state index contributed by atoms with van der Waals surface area (Å²) in [5.41, 5.74) is 2.15. The summed E-state index contributed by atoms with van der Waals surface area (Å²) < 4.78 is 49.5. The second-order valence-corrected chi connectivity index (χ2v) is 34.5. The molecule has 32 heteroatoms. The van der Waals surface area contributed by atoms with Crippen molar-refractivity contribution in [2.45, 2.75) is 191 Å². The first-order valence-corrected chi connectivity index (χ1v) is 40.9. The topological polar surface area (TPSA) is 411 Å². The normalized spacial score (nSPS) is 22.3. The van der Waals surface area contributed by atoms with Crippen molar-refractivity contribution in [3.05, 3.63) is 186 Å². The maximum absolute atomic E-state index is 15.4. The van der Waals surface area contributed by atoms with Crippen molar-refractivity contribution in [2.75, 3.05) is 40.4 Å². The van der Waals surface area contributed by atoms with E-state index in [0.29, 0.717) is 52.3 Å². The van der Waals surface area contributed by atoms with E-state index in [1.165, 1.54) is 14.5 Å². The molecule has 5 aromatic carbocycles. The third-order valence-corrected chi connectivity index (χ3v) is 23.3. The number of rotatable bonds is 17. The number of likely N-dealkylation sites (tertiary alicyclic amines) is 2. The van der Waals surface area contributed by atoms with Gasteiger partial charge < -0.3 is 71.7 Å². The largest absolute Gasteiger partial charge is 0.490 e. The SMILES string of the molecule is CN[C@@H](C)C(=O)N[C@H](C(=O)N1CC2CC1C(=O)N[C@@H](Cc1cccc(-c3cccnc3)c1)C(=O)N[C@H](C(=O)NS(=O)(=O)C1CC1)Cc1ccc(cc1)OCc1cn(nn1)C1C[C@@H](C(=O)N[C@@H](Cc3ccc4ccccc4c3)C(=O)N[C@H](C(=O)O)Cc3ccc(cc3)OC/C=C/CO2)N(C(=O)[C@@H](NC(=O)[C@H](C)NC)C(C)(C)C)C1)C(C)(C)C. The lowest BCUT2D eigenvalue weighted by Gasteiger charge is -2.36. The summed E-state index contributed by atoms with van der Waals surface area (Å²) in [5.74, 6) is -7.03. The predicted octanol–water partition coefficient (Wildman–Crippen LogP) is 4.33. The Balaban J connectivity index is 0.926. The summed E-state index contributed by atoms with van der Waals surface area (Å²) in [7, 11) is -0.984. The van der Waals surface area contributed by atoms with Crippen LogP contribution in [0.5, 0.6) is 11.5 Å². The highest BCUT2D eigenvalue weighted by molar-refractivity contribution is 7.91. The fraction of sp³-hybridized carbons (Fsp3) is 0.447. The molecule has 0 radical (unpaired) electrons. The van der Waals surface area contributed by atoms with Gasteiger partial charge in [0.15, 0.2) is 0 Å². The Morgan fingerprint density at radius 3 is 1.72 bits per heavy atom. The lowest BCUT2D eigenvalue weighted by Crippen LogP contribution is -2.61. The molecule has 3 unspecified atom stereocenters. The average molecular weight is 1620 g/mol. The summed E-state index contributed by atoms with van der Waals surface area (Å²) in [6.45, 7) is 13.5. The van der Waals surface area contributed by atoms with Crippen LogP contribution in [0.4, 0.5) is 0 Å². The van der Waals surface area contributed by atoms with E-state index in [9.17, 15) is 37.5 Å². The van der Waals surface area contributed by atoms with Crippen LogP contribution in [0.2, 0.25) is 0 Å². The van der Waals surface area contributed by atoms with E-state index in [0.717, 1.165) is 21.9 Å². The molecule has 2 aromatic heterocycles. The summed E-state index contributed by atoms with van der Waals surface area (Å²) in [4.78, 5) is 153. The third-order valence-electron chi connectivity index (χ3n) is 21.5. The number of likely N-dealkylation sites (N-methyl/N-ethyl adjacent to an activating group) is 2. The van der Waals surface area contributed by atoms with Crippen molar-refractivity contribution in [2.24, 2.45) is 10.8 Å². The van der Waals surface area contributed by atoms with Crippen LogP contribution in [0.3, 0.4) is 0 Å². The molecule has 10 N–H and O–H groups in total. The van der Waals surface area contributed by atoms with Gasteiger partial charge in [-0.1, -0.05) is 150 Å². The van der Waals surface area contributed by atoms with E-state index in [2.05, 4.69) is 62.6 Å². The molecule has 9 amide bonds. The van der Waals surface area contributed by atoms with Crippen LogP contribution in [0, 0.1) is 10.8 Å². The molecule has 10 bridgehead atoms. The van der Waals surface area contributed by atoms with E-state index in [1.807, 2.05) is 60.7 Å². The van der Waals surface area contributed by atoms with Crippen molar-refractivity contribution in [3.63, 3.8) is 0 Å². The molecule has 3 fully saturated rings. The number of amides is 9. The molecule has 12 atom stereocenters. The fourth-order valence-corrected chi connectivity index (χ4v) is 15.6. The Kier molecular flexibility index (Phi) is 28.1. The van der Waals surface area contributed by atoms with Crippen LogP contribution in [0.15, 0.2) is 158 Å². The summed E-state index contributed by atoms with van der Waals surface area (Å²) in [6.07, 6.45) is 7.27. The van der Waals surface area contributed by atoms with E-state index in [4.69, 9.17) is 14.2 Å². The van der Waals surface area contributed by atoms with Gasteiger partial charge in [-0.3, -0.25) is 52.9 Å². The van der Waals surface area contributed by atoms with Crippen molar-refractivity contribution in [3.8, 4) is 22.6 Å². The van der Waals surface area contributed by atoms with Gasteiger partial charge in [0, 0.05) is 64.0 Å². The molecule has 117 heavy (non-hydrogen) atoms. The number of ether oxygens (including phenoxy) is 3. The van der Waals surface area contributed by atoms with Gasteiger partial charge in [-0.2, -0.15) is 0 Å². The van der Waals surface area contributed by atoms with Crippen molar-refractivity contribution >= 4 is 79.9 Å². The summed E-state index contributed by atoms with van der Waals surface area (Å²) in [5, 5.41) is 43.4. The number of carbonyl (C=O) groups excluding carboxylic acids is 9. The molecule has 14 rings (SSSR count). The third kappa shape index (κ3) is 22.8. The molecular formula is C85H105N15O16S. The van der Waals surface area contributed by atoms with Crippen LogP contribution < -0.4 is 56.7 Å². The number of carboxylic acid groups (broad SMARTS) is 1. The molecule has 7 aliphatic rings. The minimum absolute atomic E-state index is 0.0237. The second-order valence-electron chi connectivity index (χ2n) is 32.5. The Morgan fingerprint density at radius 2 is 1.15 bits per heavy atom. The first-order chi connectivity index (χ1) is 55.7. The van der Waals surface area contributed by atoms with Crippen LogP contribution in [-0.4, -0.2) is 215 Å². The van der Waals surface area contributed by atoms with E-state index >= 15 is 24.0 Å². The number of fused-ring (bicyclic) bond motifs is 1.